The van der Waals surface area contributed by atoms with Crippen LogP contribution in [-0.4, -0.2) is 0 Å². The third-order valence-corrected chi connectivity index (χ3v) is 5.52. The second kappa shape index (κ2) is 6.01. The molecule has 1 unspecified atom stereocenters. The Morgan fingerprint density at radius 1 is 0.846 bits per heavy atom. The molecule has 0 fully saturated rings. The van der Waals surface area contributed by atoms with Gasteiger partial charge in [0.05, 0.1) is 5.92 Å². The Morgan fingerprint density at radius 2 is 1.50 bits per heavy atom. The lowest BCUT2D eigenvalue weighted by atomic mass is 9.77. The van der Waals surface area contributed by atoms with Crippen molar-refractivity contribution in [3.8, 4) is 5.75 Å². The summed E-state index contributed by atoms with van der Waals surface area (Å²) in [5, 5.41) is 0. The van der Waals surface area contributed by atoms with Gasteiger partial charge in [0.1, 0.15) is 11.5 Å². The van der Waals surface area contributed by atoms with E-state index < -0.39 is 0 Å². The quantitative estimate of drug-likeness (QED) is 0.542. The molecule has 0 radical (unpaired) electrons. The van der Waals surface area contributed by atoms with E-state index in [1.165, 1.54) is 33.4 Å². The third kappa shape index (κ3) is 3.20. The van der Waals surface area contributed by atoms with Crippen molar-refractivity contribution in [2.75, 3.05) is 0 Å². The van der Waals surface area contributed by atoms with E-state index in [9.17, 15) is 0 Å². The minimum atomic E-state index is 0.0176. The maximum atomic E-state index is 6.27. The molecule has 1 heteroatoms. The number of hydrogen-bond acceptors (Lipinski definition) is 1. The molecule has 138 valence electrons. The van der Waals surface area contributed by atoms with Crippen molar-refractivity contribution in [2.45, 2.75) is 72.1 Å². The first-order valence-corrected chi connectivity index (χ1v) is 9.52. The van der Waals surface area contributed by atoms with E-state index in [2.05, 4.69) is 92.3 Å². The van der Waals surface area contributed by atoms with Crippen LogP contribution in [0.4, 0.5) is 0 Å². The summed E-state index contributed by atoms with van der Waals surface area (Å²) in [6.07, 6.45) is 0. The van der Waals surface area contributed by atoms with Crippen LogP contribution in [0.3, 0.4) is 0 Å². The van der Waals surface area contributed by atoms with Gasteiger partial charge >= 0.3 is 0 Å². The van der Waals surface area contributed by atoms with Crippen LogP contribution in [0.5, 0.6) is 5.75 Å². The van der Waals surface area contributed by atoms with Gasteiger partial charge in [0, 0.05) is 11.1 Å². The summed E-state index contributed by atoms with van der Waals surface area (Å²) in [6, 6.07) is 11.4. The molecule has 1 atom stereocenters. The van der Waals surface area contributed by atoms with E-state index in [-0.39, 0.29) is 16.7 Å². The van der Waals surface area contributed by atoms with Gasteiger partial charge in [-0.2, -0.15) is 0 Å². The Hall–Kier alpha value is -2.02. The Labute approximate surface area is 159 Å². The van der Waals surface area contributed by atoms with Crippen LogP contribution in [0.1, 0.15) is 80.8 Å². The second-order valence-electron chi connectivity index (χ2n) is 9.79. The van der Waals surface area contributed by atoms with Crippen molar-refractivity contribution in [3.63, 3.8) is 0 Å². The average molecular weight is 349 g/mol. The van der Waals surface area contributed by atoms with Crippen LogP contribution in [0.2, 0.25) is 0 Å². The van der Waals surface area contributed by atoms with Crippen molar-refractivity contribution in [2.24, 2.45) is 0 Å². The van der Waals surface area contributed by atoms with Crippen LogP contribution in [0.25, 0.3) is 0 Å². The monoisotopic (exact) mass is 348 g/mol. The number of rotatable bonds is 1. The summed E-state index contributed by atoms with van der Waals surface area (Å²) in [6.45, 7) is 22.2. The van der Waals surface area contributed by atoms with Crippen LogP contribution >= 0.6 is 0 Å². The second-order valence-corrected chi connectivity index (χ2v) is 9.79. The van der Waals surface area contributed by atoms with Gasteiger partial charge in [0.25, 0.3) is 0 Å². The van der Waals surface area contributed by atoms with Crippen molar-refractivity contribution in [1.82, 2.24) is 0 Å². The molecule has 0 aromatic heterocycles. The molecule has 1 nitrogen and oxygen atoms in total. The Bertz CT molecular complexity index is 872. The number of ether oxygens (including phenoxy) is 1. The molecule has 0 N–H and O–H groups in total. The molecule has 3 rings (SSSR count). The molecule has 0 spiro atoms. The molecule has 1 aliphatic heterocycles. The summed E-state index contributed by atoms with van der Waals surface area (Å²) < 4.78 is 6.27. The van der Waals surface area contributed by atoms with Crippen LogP contribution in [0.15, 0.2) is 42.7 Å². The Balaban J connectivity index is 2.26. The van der Waals surface area contributed by atoms with Crippen molar-refractivity contribution in [3.05, 3.63) is 76.1 Å². The predicted octanol–water partition coefficient (Wildman–Crippen LogP) is 6.94. The molecular formula is C25H32O. The predicted molar refractivity (Wildman–Crippen MR) is 111 cm³/mol. The van der Waals surface area contributed by atoms with Crippen molar-refractivity contribution >= 4 is 0 Å². The van der Waals surface area contributed by atoms with Gasteiger partial charge in [-0.25, -0.2) is 0 Å². The lowest BCUT2D eigenvalue weighted by Gasteiger charge is -2.27. The molecule has 2 aromatic carbocycles. The van der Waals surface area contributed by atoms with E-state index in [1.54, 1.807) is 0 Å². The summed E-state index contributed by atoms with van der Waals surface area (Å²) >= 11 is 0. The van der Waals surface area contributed by atoms with Crippen LogP contribution in [-0.2, 0) is 10.8 Å². The van der Waals surface area contributed by atoms with Gasteiger partial charge in [-0.3, -0.25) is 0 Å². The Morgan fingerprint density at radius 3 is 2.04 bits per heavy atom. The zero-order valence-corrected chi connectivity index (χ0v) is 17.6. The fourth-order valence-electron chi connectivity index (χ4n) is 3.64. The zero-order chi connectivity index (χ0) is 19.4. The molecule has 0 saturated carbocycles. The smallest absolute Gasteiger partial charge is 0.134 e. The molecule has 0 aliphatic carbocycles. The summed E-state index contributed by atoms with van der Waals surface area (Å²) in [7, 11) is 0. The highest BCUT2D eigenvalue weighted by atomic mass is 16.5. The first kappa shape index (κ1) is 18.8. The zero-order valence-electron chi connectivity index (χ0n) is 17.6. The van der Waals surface area contributed by atoms with E-state index in [1.807, 2.05) is 0 Å². The van der Waals surface area contributed by atoms with Gasteiger partial charge in [0.2, 0.25) is 0 Å². The number of aryl methyl sites for hydroxylation is 2. The summed E-state index contributed by atoms with van der Waals surface area (Å²) in [4.78, 5) is 0. The van der Waals surface area contributed by atoms with E-state index >= 15 is 0 Å². The fourth-order valence-corrected chi connectivity index (χ4v) is 3.64. The largest absolute Gasteiger partial charge is 0.461 e. The SMILES string of the molecule is C=C1Oc2c(cc(C(C)(C)C)cc2C(C)(C)C)C1c1ccc(C)c(C)c1. The van der Waals surface area contributed by atoms with Gasteiger partial charge in [-0.05, 0) is 46.9 Å². The lowest BCUT2D eigenvalue weighted by Crippen LogP contribution is -2.17. The molecule has 0 amide bonds. The van der Waals surface area contributed by atoms with Gasteiger partial charge < -0.3 is 4.74 Å². The molecule has 2 aromatic rings. The summed E-state index contributed by atoms with van der Waals surface area (Å²) in [5.74, 6) is 1.95. The minimum absolute atomic E-state index is 0.0176. The van der Waals surface area contributed by atoms with Gasteiger partial charge in [-0.15, -0.1) is 0 Å². The molecule has 26 heavy (non-hydrogen) atoms. The fraction of sp³-hybridized carbons (Fsp3) is 0.440. The van der Waals surface area contributed by atoms with Crippen molar-refractivity contribution < 1.29 is 4.74 Å². The third-order valence-electron chi connectivity index (χ3n) is 5.52. The topological polar surface area (TPSA) is 9.23 Å². The van der Waals surface area contributed by atoms with E-state index in [0.717, 1.165) is 11.5 Å². The van der Waals surface area contributed by atoms with E-state index in [0.29, 0.717) is 0 Å². The number of hydrogen-bond donors (Lipinski definition) is 0. The molecular weight excluding hydrogens is 316 g/mol. The van der Waals surface area contributed by atoms with Gasteiger partial charge in [0.15, 0.2) is 0 Å². The maximum Gasteiger partial charge on any atom is 0.134 e. The number of benzene rings is 2. The number of fused-ring (bicyclic) bond motifs is 1. The van der Waals surface area contributed by atoms with Crippen molar-refractivity contribution in [1.29, 1.82) is 0 Å². The molecule has 1 aliphatic rings. The maximum absolute atomic E-state index is 6.27. The average Bonchev–Trinajstić information content (AvgIpc) is 2.83. The molecule has 1 heterocycles. The molecule has 0 saturated heterocycles. The first-order valence-electron chi connectivity index (χ1n) is 9.52. The van der Waals surface area contributed by atoms with E-state index in [4.69, 9.17) is 4.74 Å². The molecule has 0 bridgehead atoms. The van der Waals surface area contributed by atoms with Crippen LogP contribution < -0.4 is 4.74 Å². The first-order chi connectivity index (χ1) is 11.9. The normalized spacial score (nSPS) is 17.2. The summed E-state index contributed by atoms with van der Waals surface area (Å²) in [5.41, 5.74) is 7.89. The standard InChI is InChI=1S/C25H32O/c1-15-10-11-18(12-16(15)2)22-17(3)26-23-20(22)13-19(24(4,5)6)14-21(23)25(7,8)9/h10-14,22H,3H2,1-2,4-9H3. The highest BCUT2D eigenvalue weighted by Crippen LogP contribution is 2.50. The van der Waals surface area contributed by atoms with Gasteiger partial charge in [-0.1, -0.05) is 78.5 Å². The minimum Gasteiger partial charge on any atom is -0.461 e. The lowest BCUT2D eigenvalue weighted by molar-refractivity contribution is 0.422. The highest BCUT2D eigenvalue weighted by molar-refractivity contribution is 5.59. The highest BCUT2D eigenvalue weighted by Gasteiger charge is 2.36. The number of allylic oxidation sites excluding steroid dienone is 1. The Kier molecular flexibility index (Phi) is 4.34. The van der Waals surface area contributed by atoms with Crippen LogP contribution in [0, 0.1) is 13.8 Å².